The summed E-state index contributed by atoms with van der Waals surface area (Å²) in [6.07, 6.45) is 2.13. The summed E-state index contributed by atoms with van der Waals surface area (Å²) in [4.78, 5) is 0. The highest BCUT2D eigenvalue weighted by atomic mass is 15.0. The van der Waals surface area contributed by atoms with Gasteiger partial charge >= 0.3 is 0 Å². The second kappa shape index (κ2) is 8.06. The van der Waals surface area contributed by atoms with E-state index in [4.69, 9.17) is 0 Å². The molecular weight excluding hydrogens is 364 g/mol. The summed E-state index contributed by atoms with van der Waals surface area (Å²) in [6.45, 7) is 20.4. The molecule has 1 aliphatic heterocycles. The highest BCUT2D eigenvalue weighted by Gasteiger charge is 2.35. The molecular formula is C28H39N2+. The van der Waals surface area contributed by atoms with Gasteiger partial charge in [0.25, 0.3) is 0 Å². The van der Waals surface area contributed by atoms with Crippen molar-refractivity contribution in [3.05, 3.63) is 73.7 Å². The van der Waals surface area contributed by atoms with Crippen molar-refractivity contribution >= 4 is 11.3 Å². The molecule has 0 atom stereocenters. The number of hydrogen-bond acceptors (Lipinski definition) is 0. The molecule has 0 fully saturated rings. The summed E-state index contributed by atoms with van der Waals surface area (Å²) < 4.78 is 4.85. The van der Waals surface area contributed by atoms with Gasteiger partial charge in [0, 0.05) is 30.8 Å². The van der Waals surface area contributed by atoms with Crippen LogP contribution in [0.4, 0.5) is 0 Å². The Morgan fingerprint density at radius 1 is 0.900 bits per heavy atom. The van der Waals surface area contributed by atoms with E-state index < -0.39 is 0 Å². The first-order valence-corrected chi connectivity index (χ1v) is 11.3. The highest BCUT2D eigenvalue weighted by molar-refractivity contribution is 6.00. The minimum Gasteiger partial charge on any atom is -0.347 e. The molecule has 1 aromatic carbocycles. The van der Waals surface area contributed by atoms with Crippen LogP contribution in [0.3, 0.4) is 0 Å². The van der Waals surface area contributed by atoms with Crippen LogP contribution in [0.5, 0.6) is 0 Å². The topological polar surface area (TPSA) is 7.94 Å². The Hall–Kier alpha value is -2.35. The summed E-state index contributed by atoms with van der Waals surface area (Å²) in [7, 11) is 4.48. The Kier molecular flexibility index (Phi) is 6.00. The lowest BCUT2D eigenvalue weighted by Crippen LogP contribution is -2.13. The van der Waals surface area contributed by atoms with Crippen LogP contribution in [0.2, 0.25) is 0 Å². The van der Waals surface area contributed by atoms with Crippen LogP contribution in [0, 0.1) is 34.6 Å². The average molecular weight is 404 g/mol. The maximum absolute atomic E-state index is 2.43. The number of rotatable bonds is 4. The Balaban J connectivity index is 2.58. The molecule has 30 heavy (non-hydrogen) atoms. The smallest absolute Gasteiger partial charge is 0.218 e. The van der Waals surface area contributed by atoms with Gasteiger partial charge in [0.2, 0.25) is 5.70 Å². The summed E-state index contributed by atoms with van der Waals surface area (Å²) >= 11 is 0. The fourth-order valence-electron chi connectivity index (χ4n) is 5.75. The zero-order valence-electron chi connectivity index (χ0n) is 21.0. The van der Waals surface area contributed by atoms with Crippen molar-refractivity contribution in [2.45, 2.75) is 75.2 Å². The van der Waals surface area contributed by atoms with Gasteiger partial charge in [-0.25, -0.2) is 0 Å². The van der Waals surface area contributed by atoms with Gasteiger partial charge in [-0.3, -0.25) is 0 Å². The molecule has 1 aromatic heterocycles. The third kappa shape index (κ3) is 3.21. The SMILES string of the molecule is CCC1=C(C)/C(=C(\c2c(C)cc(C)cc2C)c2c(C)c(CC)c(C)n2C)[N+](C)=C1C. The maximum atomic E-state index is 2.43. The van der Waals surface area contributed by atoms with Gasteiger partial charge in [0.15, 0.2) is 5.71 Å². The number of hydrogen-bond donors (Lipinski definition) is 0. The highest BCUT2D eigenvalue weighted by Crippen LogP contribution is 2.41. The summed E-state index contributed by atoms with van der Waals surface area (Å²) in [5, 5.41) is 0. The first kappa shape index (κ1) is 22.3. The summed E-state index contributed by atoms with van der Waals surface area (Å²) in [6, 6.07) is 4.67. The monoisotopic (exact) mass is 403 g/mol. The fourth-order valence-corrected chi connectivity index (χ4v) is 5.75. The van der Waals surface area contributed by atoms with Gasteiger partial charge in [-0.2, -0.15) is 4.58 Å². The molecule has 2 aromatic rings. The van der Waals surface area contributed by atoms with Crippen molar-refractivity contribution in [1.82, 2.24) is 4.57 Å². The molecule has 2 heteroatoms. The van der Waals surface area contributed by atoms with E-state index in [9.17, 15) is 0 Å². The maximum Gasteiger partial charge on any atom is 0.218 e. The largest absolute Gasteiger partial charge is 0.347 e. The van der Waals surface area contributed by atoms with Crippen LogP contribution in [0.1, 0.15) is 78.9 Å². The molecule has 0 amide bonds. The molecule has 0 aliphatic carbocycles. The van der Waals surface area contributed by atoms with E-state index in [1.54, 1.807) is 0 Å². The lowest BCUT2D eigenvalue weighted by atomic mass is 9.87. The molecule has 3 rings (SSSR count). The number of nitrogens with zero attached hydrogens (tertiary/aromatic N) is 2. The number of allylic oxidation sites excluding steroid dienone is 2. The first-order valence-electron chi connectivity index (χ1n) is 11.3. The molecule has 0 radical (unpaired) electrons. The normalized spacial score (nSPS) is 16.2. The molecule has 1 aliphatic rings. The van der Waals surface area contributed by atoms with E-state index >= 15 is 0 Å². The average Bonchev–Trinajstić information content (AvgIpc) is 3.01. The van der Waals surface area contributed by atoms with Gasteiger partial charge < -0.3 is 4.57 Å². The standard InChI is InChI=1S/C28H39N2/c1-12-23-19(6)27(29(10)21(23)8)26(25-17(4)14-16(3)15-18(25)5)28-20(7)24(13-2)22(9)30(28)11/h14-15H,12-13H2,1-11H3/q+1. The van der Waals surface area contributed by atoms with E-state index in [1.807, 2.05) is 0 Å². The predicted octanol–water partition coefficient (Wildman–Crippen LogP) is 6.73. The van der Waals surface area contributed by atoms with E-state index in [1.165, 1.54) is 72.9 Å². The quantitative estimate of drug-likeness (QED) is 0.500. The van der Waals surface area contributed by atoms with Crippen LogP contribution < -0.4 is 0 Å². The van der Waals surface area contributed by atoms with Gasteiger partial charge in [0.05, 0.1) is 11.3 Å². The summed E-state index contributed by atoms with van der Waals surface area (Å²) in [5.74, 6) is 0. The fraction of sp³-hybridized carbons (Fsp3) is 0.464. The molecule has 160 valence electrons. The number of likely N-dealkylation sites (N-methyl/N-ethyl adjacent to an activating group) is 1. The second-order valence-electron chi connectivity index (χ2n) is 9.05. The van der Waals surface area contributed by atoms with Crippen molar-refractivity contribution in [3.63, 3.8) is 0 Å². The number of aryl methyl sites for hydroxylation is 3. The molecule has 0 unspecified atom stereocenters. The van der Waals surface area contributed by atoms with Crippen molar-refractivity contribution in [3.8, 4) is 0 Å². The molecule has 0 N–H and O–H groups in total. The number of aromatic nitrogens is 1. The molecule has 0 spiro atoms. The number of benzene rings is 1. The first-order chi connectivity index (χ1) is 14.1. The van der Waals surface area contributed by atoms with Crippen LogP contribution in [0.25, 0.3) is 5.57 Å². The molecule has 2 nitrogen and oxygen atoms in total. The predicted molar refractivity (Wildman–Crippen MR) is 131 cm³/mol. The van der Waals surface area contributed by atoms with Gasteiger partial charge in [-0.05, 0) is 82.2 Å². The third-order valence-electron chi connectivity index (χ3n) is 7.27. The van der Waals surface area contributed by atoms with Gasteiger partial charge in [0.1, 0.15) is 7.05 Å². The Labute approximate surface area is 183 Å². The van der Waals surface area contributed by atoms with Crippen LogP contribution in [-0.2, 0) is 13.5 Å². The minimum absolute atomic E-state index is 1.07. The molecule has 0 saturated heterocycles. The van der Waals surface area contributed by atoms with Crippen molar-refractivity contribution < 1.29 is 4.58 Å². The van der Waals surface area contributed by atoms with Crippen molar-refractivity contribution in [1.29, 1.82) is 0 Å². The molecule has 0 bridgehead atoms. The van der Waals surface area contributed by atoms with Crippen molar-refractivity contribution in [2.75, 3.05) is 7.05 Å². The van der Waals surface area contributed by atoms with E-state index in [-0.39, 0.29) is 0 Å². The molecule has 0 saturated carbocycles. The summed E-state index contributed by atoms with van der Waals surface area (Å²) in [5.41, 5.74) is 18.1. The van der Waals surface area contributed by atoms with Crippen molar-refractivity contribution in [2.24, 2.45) is 7.05 Å². The lowest BCUT2D eigenvalue weighted by molar-refractivity contribution is -0.435. The van der Waals surface area contributed by atoms with E-state index in [0.29, 0.717) is 0 Å². The van der Waals surface area contributed by atoms with Crippen LogP contribution >= 0.6 is 0 Å². The van der Waals surface area contributed by atoms with Gasteiger partial charge in [-0.1, -0.05) is 31.5 Å². The van der Waals surface area contributed by atoms with E-state index in [0.717, 1.165) is 12.8 Å². The Morgan fingerprint density at radius 3 is 1.90 bits per heavy atom. The van der Waals surface area contributed by atoms with Crippen LogP contribution in [0.15, 0.2) is 29.0 Å². The zero-order chi connectivity index (χ0) is 22.5. The second-order valence-corrected chi connectivity index (χ2v) is 9.05. The zero-order valence-corrected chi connectivity index (χ0v) is 21.0. The Bertz CT molecular complexity index is 1110. The third-order valence-corrected chi connectivity index (χ3v) is 7.27. The van der Waals surface area contributed by atoms with E-state index in [2.05, 4.69) is 97.7 Å². The molecule has 2 heterocycles. The Morgan fingerprint density at radius 2 is 1.47 bits per heavy atom. The lowest BCUT2D eigenvalue weighted by Gasteiger charge is -2.19. The van der Waals surface area contributed by atoms with Crippen LogP contribution in [-0.4, -0.2) is 21.9 Å². The van der Waals surface area contributed by atoms with Gasteiger partial charge in [-0.15, -0.1) is 0 Å². The minimum atomic E-state index is 1.07.